The SMILES string of the molecule is COC(C)(C)c1ncc([S+]([O-])NC(=O)O)s1. The second-order valence-electron chi connectivity index (χ2n) is 3.37. The molecule has 0 aromatic carbocycles. The maximum absolute atomic E-state index is 11.4. The lowest BCUT2D eigenvalue weighted by Crippen LogP contribution is -2.28. The van der Waals surface area contributed by atoms with Crippen LogP contribution in [-0.2, 0) is 21.7 Å². The minimum Gasteiger partial charge on any atom is -0.587 e. The van der Waals surface area contributed by atoms with Crippen LogP contribution >= 0.6 is 11.3 Å². The fourth-order valence-electron chi connectivity index (χ4n) is 0.840. The second-order valence-corrected chi connectivity index (χ2v) is 5.85. The number of thiazole rings is 1. The van der Waals surface area contributed by atoms with Crippen LogP contribution < -0.4 is 4.72 Å². The molecule has 2 N–H and O–H groups in total. The van der Waals surface area contributed by atoms with E-state index in [-0.39, 0.29) is 0 Å². The maximum Gasteiger partial charge on any atom is 0.446 e. The number of rotatable bonds is 4. The molecule has 6 nitrogen and oxygen atoms in total. The van der Waals surface area contributed by atoms with Gasteiger partial charge in [0, 0.05) is 7.11 Å². The van der Waals surface area contributed by atoms with Gasteiger partial charge >= 0.3 is 6.09 Å². The number of carboxylic acid groups (broad SMARTS) is 1. The van der Waals surface area contributed by atoms with Gasteiger partial charge in [-0.2, -0.15) is 0 Å². The standard InChI is InChI=1S/C8H12N2O4S2/c1-8(2,14-3)6-9-4-5(15-6)16(13)10-7(11)12/h4,10H,1-3H3,(H,11,12). The number of aromatic nitrogens is 1. The van der Waals surface area contributed by atoms with E-state index in [1.165, 1.54) is 6.20 Å². The first-order valence-corrected chi connectivity index (χ1v) is 6.26. The summed E-state index contributed by atoms with van der Waals surface area (Å²) in [4.78, 5) is 14.4. The Balaban J connectivity index is 2.82. The van der Waals surface area contributed by atoms with Gasteiger partial charge < -0.3 is 14.4 Å². The summed E-state index contributed by atoms with van der Waals surface area (Å²) >= 11 is -0.626. The van der Waals surface area contributed by atoms with Crippen molar-refractivity contribution in [2.45, 2.75) is 23.7 Å². The Morgan fingerprint density at radius 3 is 2.88 bits per heavy atom. The molecule has 1 aromatic rings. The van der Waals surface area contributed by atoms with Crippen molar-refractivity contribution in [2.75, 3.05) is 7.11 Å². The smallest absolute Gasteiger partial charge is 0.446 e. The summed E-state index contributed by atoms with van der Waals surface area (Å²) < 4.78 is 18.9. The molecule has 0 radical (unpaired) electrons. The van der Waals surface area contributed by atoms with Crippen molar-refractivity contribution < 1.29 is 19.2 Å². The summed E-state index contributed by atoms with van der Waals surface area (Å²) in [6.07, 6.45) is 0.0478. The molecule has 0 saturated heterocycles. The largest absolute Gasteiger partial charge is 0.587 e. The predicted octanol–water partition coefficient (Wildman–Crippen LogP) is 1.31. The third-order valence-corrected chi connectivity index (χ3v) is 4.50. The summed E-state index contributed by atoms with van der Waals surface area (Å²) in [6.45, 7) is 3.65. The first-order chi connectivity index (χ1) is 7.36. The van der Waals surface area contributed by atoms with E-state index in [0.717, 1.165) is 11.3 Å². The van der Waals surface area contributed by atoms with E-state index in [1.807, 2.05) is 18.6 Å². The molecule has 0 fully saturated rings. The van der Waals surface area contributed by atoms with Crippen LogP contribution in [0.25, 0.3) is 0 Å². The van der Waals surface area contributed by atoms with Crippen molar-refractivity contribution in [1.82, 2.24) is 9.71 Å². The van der Waals surface area contributed by atoms with Crippen LogP contribution in [0, 0.1) is 0 Å². The molecule has 1 heterocycles. The molecule has 0 aliphatic rings. The molecule has 0 saturated carbocycles. The average Bonchev–Trinajstić information content (AvgIpc) is 2.66. The third-order valence-electron chi connectivity index (χ3n) is 1.87. The van der Waals surface area contributed by atoms with Gasteiger partial charge in [0.25, 0.3) is 4.21 Å². The second kappa shape index (κ2) is 5.00. The van der Waals surface area contributed by atoms with Crippen LogP contribution in [0.4, 0.5) is 4.79 Å². The van der Waals surface area contributed by atoms with Crippen molar-refractivity contribution in [3.8, 4) is 0 Å². The van der Waals surface area contributed by atoms with Crippen molar-refractivity contribution >= 4 is 28.8 Å². The third kappa shape index (κ3) is 3.08. The van der Waals surface area contributed by atoms with Crippen LogP contribution in [0.1, 0.15) is 18.9 Å². The Morgan fingerprint density at radius 2 is 2.38 bits per heavy atom. The van der Waals surface area contributed by atoms with Gasteiger partial charge in [0.2, 0.25) is 0 Å². The zero-order valence-electron chi connectivity index (χ0n) is 9.01. The molecule has 1 atom stereocenters. The van der Waals surface area contributed by atoms with Gasteiger partial charge in [0.05, 0.1) is 6.20 Å². The van der Waals surface area contributed by atoms with Crippen molar-refractivity contribution in [1.29, 1.82) is 0 Å². The van der Waals surface area contributed by atoms with E-state index in [1.54, 1.807) is 7.11 Å². The van der Waals surface area contributed by atoms with Crippen LogP contribution in [0.3, 0.4) is 0 Å². The summed E-state index contributed by atoms with van der Waals surface area (Å²) in [5, 5.41) is 9.06. The minimum absolute atomic E-state index is 0.350. The molecule has 1 unspecified atom stereocenters. The summed E-state index contributed by atoms with van der Waals surface area (Å²) in [7, 11) is 1.55. The number of carbonyl (C=O) groups is 1. The molecule has 1 rings (SSSR count). The quantitative estimate of drug-likeness (QED) is 0.800. The maximum atomic E-state index is 11.4. The molecule has 0 aliphatic carbocycles. The summed E-state index contributed by atoms with van der Waals surface area (Å²) in [5.74, 6) is 0. The molecular weight excluding hydrogens is 252 g/mol. The van der Waals surface area contributed by atoms with Crippen LogP contribution in [-0.4, -0.2) is 27.8 Å². The van der Waals surface area contributed by atoms with E-state index < -0.39 is 23.1 Å². The van der Waals surface area contributed by atoms with Gasteiger partial charge in [-0.05, 0) is 13.8 Å². The lowest BCUT2D eigenvalue weighted by atomic mass is 10.1. The van der Waals surface area contributed by atoms with Gasteiger partial charge in [-0.1, -0.05) is 11.3 Å². The highest BCUT2D eigenvalue weighted by atomic mass is 32.2. The number of hydrogen-bond acceptors (Lipinski definition) is 5. The molecule has 0 aliphatic heterocycles. The highest BCUT2D eigenvalue weighted by Crippen LogP contribution is 2.29. The monoisotopic (exact) mass is 264 g/mol. The van der Waals surface area contributed by atoms with Gasteiger partial charge in [-0.3, -0.25) is 0 Å². The molecule has 1 aromatic heterocycles. The summed E-state index contributed by atoms with van der Waals surface area (Å²) in [5.41, 5.74) is -0.573. The van der Waals surface area contributed by atoms with Crippen molar-refractivity contribution in [3.63, 3.8) is 0 Å². The fraction of sp³-hybridized carbons (Fsp3) is 0.500. The molecule has 16 heavy (non-hydrogen) atoms. The Labute approximate surface area is 100.0 Å². The number of ether oxygens (including phenoxy) is 1. The van der Waals surface area contributed by atoms with Gasteiger partial charge in [-0.15, -0.1) is 4.72 Å². The van der Waals surface area contributed by atoms with Gasteiger partial charge in [0.1, 0.15) is 22.0 Å². The number of nitrogens with one attached hydrogen (secondary N) is 1. The minimum atomic E-state index is -1.78. The molecule has 90 valence electrons. The van der Waals surface area contributed by atoms with E-state index in [4.69, 9.17) is 9.84 Å². The topological polar surface area (TPSA) is 94.5 Å². The number of methoxy groups -OCH3 is 1. The molecular formula is C8H12N2O4S2. The zero-order valence-corrected chi connectivity index (χ0v) is 10.6. The number of hydrogen-bond donors (Lipinski definition) is 2. The first-order valence-electron chi connectivity index (χ1n) is 4.29. The molecule has 8 heteroatoms. The van der Waals surface area contributed by atoms with Crippen LogP contribution in [0.15, 0.2) is 10.4 Å². The highest BCUT2D eigenvalue weighted by Gasteiger charge is 2.27. The van der Waals surface area contributed by atoms with Crippen molar-refractivity contribution in [2.24, 2.45) is 0 Å². The van der Waals surface area contributed by atoms with E-state index in [2.05, 4.69) is 4.98 Å². The van der Waals surface area contributed by atoms with Crippen LogP contribution in [0.2, 0.25) is 0 Å². The molecule has 1 amide bonds. The van der Waals surface area contributed by atoms with Crippen molar-refractivity contribution in [3.05, 3.63) is 11.2 Å². The molecule has 0 spiro atoms. The Hall–Kier alpha value is -0.830. The first kappa shape index (κ1) is 13.2. The summed E-state index contributed by atoms with van der Waals surface area (Å²) in [6, 6.07) is 0. The number of nitrogens with zero attached hydrogens (tertiary/aromatic N) is 1. The van der Waals surface area contributed by atoms with Gasteiger partial charge in [-0.25, -0.2) is 9.78 Å². The number of amides is 1. The van der Waals surface area contributed by atoms with E-state index >= 15 is 0 Å². The highest BCUT2D eigenvalue weighted by molar-refractivity contribution is 7.92. The lowest BCUT2D eigenvalue weighted by molar-refractivity contribution is 0.0190. The Morgan fingerprint density at radius 1 is 1.75 bits per heavy atom. The Kier molecular flexibility index (Phi) is 4.14. The fourth-order valence-corrected chi connectivity index (χ4v) is 2.64. The predicted molar refractivity (Wildman–Crippen MR) is 59.7 cm³/mol. The average molecular weight is 264 g/mol. The normalized spacial score (nSPS) is 13.5. The lowest BCUT2D eigenvalue weighted by Gasteiger charge is -2.19. The molecule has 0 bridgehead atoms. The zero-order chi connectivity index (χ0) is 12.3. The Bertz CT molecular complexity index is 380. The van der Waals surface area contributed by atoms with E-state index in [0.29, 0.717) is 9.22 Å². The van der Waals surface area contributed by atoms with E-state index in [9.17, 15) is 9.35 Å². The van der Waals surface area contributed by atoms with Gasteiger partial charge in [0.15, 0.2) is 0 Å². The van der Waals surface area contributed by atoms with Crippen LogP contribution in [0.5, 0.6) is 0 Å².